The van der Waals surface area contributed by atoms with E-state index in [0.717, 1.165) is 19.3 Å². The van der Waals surface area contributed by atoms with Gasteiger partial charge < -0.3 is 5.11 Å². The summed E-state index contributed by atoms with van der Waals surface area (Å²) in [6.45, 7) is 4.21. The van der Waals surface area contributed by atoms with E-state index in [1.807, 2.05) is 0 Å². The standard InChI is InChI=1S/C12H20O/c1-3-5-6-7-8-9-11-12(13)10-4-2/h9,11-13H,3-6,10H2,1-2H3. The van der Waals surface area contributed by atoms with Crippen molar-refractivity contribution < 1.29 is 5.11 Å². The molecule has 0 amide bonds. The minimum Gasteiger partial charge on any atom is -0.389 e. The van der Waals surface area contributed by atoms with Gasteiger partial charge in [0, 0.05) is 6.42 Å². The van der Waals surface area contributed by atoms with Crippen molar-refractivity contribution in [3.05, 3.63) is 12.2 Å². The summed E-state index contributed by atoms with van der Waals surface area (Å²) in [6, 6.07) is 0. The van der Waals surface area contributed by atoms with Crippen LogP contribution in [0, 0.1) is 11.8 Å². The SMILES string of the molecule is CCCCC#CC=CC(O)CCC. The maximum atomic E-state index is 9.30. The number of aliphatic hydroxyl groups is 1. The van der Waals surface area contributed by atoms with Gasteiger partial charge in [-0.15, -0.1) is 0 Å². The van der Waals surface area contributed by atoms with Crippen molar-refractivity contribution in [2.75, 3.05) is 0 Å². The third-order valence-electron chi connectivity index (χ3n) is 1.74. The molecule has 74 valence electrons. The number of allylic oxidation sites excluding steroid dienone is 1. The molecule has 0 aliphatic rings. The Morgan fingerprint density at radius 1 is 1.31 bits per heavy atom. The second-order valence-electron chi connectivity index (χ2n) is 3.14. The fourth-order valence-electron chi connectivity index (χ4n) is 0.947. The van der Waals surface area contributed by atoms with E-state index in [4.69, 9.17) is 0 Å². The Labute approximate surface area is 81.9 Å². The number of hydrogen-bond acceptors (Lipinski definition) is 1. The van der Waals surface area contributed by atoms with Gasteiger partial charge in [-0.2, -0.15) is 0 Å². The van der Waals surface area contributed by atoms with E-state index < -0.39 is 0 Å². The Morgan fingerprint density at radius 2 is 2.08 bits per heavy atom. The van der Waals surface area contributed by atoms with Gasteiger partial charge in [-0.1, -0.05) is 38.5 Å². The third kappa shape index (κ3) is 9.17. The van der Waals surface area contributed by atoms with Crippen LogP contribution in [0.15, 0.2) is 12.2 Å². The average molecular weight is 180 g/mol. The van der Waals surface area contributed by atoms with Crippen molar-refractivity contribution in [2.24, 2.45) is 0 Å². The fourth-order valence-corrected chi connectivity index (χ4v) is 0.947. The minimum absolute atomic E-state index is 0.314. The maximum Gasteiger partial charge on any atom is 0.0730 e. The van der Waals surface area contributed by atoms with Crippen LogP contribution in [0.3, 0.4) is 0 Å². The van der Waals surface area contributed by atoms with Crippen LogP contribution in [-0.4, -0.2) is 11.2 Å². The zero-order chi connectivity index (χ0) is 9.94. The van der Waals surface area contributed by atoms with E-state index in [0.29, 0.717) is 0 Å². The van der Waals surface area contributed by atoms with Crippen LogP contribution in [0.2, 0.25) is 0 Å². The molecule has 1 atom stereocenters. The van der Waals surface area contributed by atoms with Gasteiger partial charge in [-0.25, -0.2) is 0 Å². The topological polar surface area (TPSA) is 20.2 Å². The van der Waals surface area contributed by atoms with Gasteiger partial charge in [-0.3, -0.25) is 0 Å². The lowest BCUT2D eigenvalue weighted by molar-refractivity contribution is 0.211. The quantitative estimate of drug-likeness (QED) is 0.509. The summed E-state index contributed by atoms with van der Waals surface area (Å²) in [7, 11) is 0. The highest BCUT2D eigenvalue weighted by molar-refractivity contribution is 5.16. The van der Waals surface area contributed by atoms with E-state index in [-0.39, 0.29) is 6.10 Å². The van der Waals surface area contributed by atoms with Crippen LogP contribution in [0.4, 0.5) is 0 Å². The van der Waals surface area contributed by atoms with Crippen molar-refractivity contribution in [3.8, 4) is 11.8 Å². The van der Waals surface area contributed by atoms with E-state index in [2.05, 4.69) is 25.7 Å². The molecule has 0 heterocycles. The molecule has 0 radical (unpaired) electrons. The summed E-state index contributed by atoms with van der Waals surface area (Å²) in [5.74, 6) is 5.95. The Morgan fingerprint density at radius 3 is 2.69 bits per heavy atom. The molecular formula is C12H20O. The first-order chi connectivity index (χ1) is 6.31. The molecule has 1 nitrogen and oxygen atoms in total. The van der Waals surface area contributed by atoms with E-state index >= 15 is 0 Å². The molecule has 0 fully saturated rings. The first-order valence-electron chi connectivity index (χ1n) is 5.14. The summed E-state index contributed by atoms with van der Waals surface area (Å²) in [5, 5.41) is 9.30. The Balaban J connectivity index is 3.52. The molecule has 0 rings (SSSR count). The highest BCUT2D eigenvalue weighted by atomic mass is 16.3. The Kier molecular flexibility index (Phi) is 8.82. The van der Waals surface area contributed by atoms with Crippen LogP contribution in [-0.2, 0) is 0 Å². The second-order valence-corrected chi connectivity index (χ2v) is 3.14. The number of aliphatic hydroxyl groups excluding tert-OH is 1. The summed E-state index contributed by atoms with van der Waals surface area (Å²) in [6.07, 6.45) is 8.37. The Bertz CT molecular complexity index is 183. The first-order valence-corrected chi connectivity index (χ1v) is 5.14. The van der Waals surface area contributed by atoms with E-state index in [1.165, 1.54) is 12.8 Å². The molecule has 0 aliphatic carbocycles. The van der Waals surface area contributed by atoms with Crippen molar-refractivity contribution in [1.29, 1.82) is 0 Å². The summed E-state index contributed by atoms with van der Waals surface area (Å²) >= 11 is 0. The molecule has 0 aromatic rings. The zero-order valence-corrected chi connectivity index (χ0v) is 8.71. The number of hydrogen-bond donors (Lipinski definition) is 1. The predicted octanol–water partition coefficient (Wildman–Crippen LogP) is 2.90. The van der Waals surface area contributed by atoms with Crippen LogP contribution in [0.5, 0.6) is 0 Å². The summed E-state index contributed by atoms with van der Waals surface area (Å²) in [5.41, 5.74) is 0. The van der Waals surface area contributed by atoms with E-state index in [1.54, 1.807) is 12.2 Å². The lowest BCUT2D eigenvalue weighted by Crippen LogP contribution is -1.99. The van der Waals surface area contributed by atoms with Gasteiger partial charge in [0.15, 0.2) is 0 Å². The van der Waals surface area contributed by atoms with Crippen molar-refractivity contribution >= 4 is 0 Å². The van der Waals surface area contributed by atoms with Gasteiger partial charge in [0.1, 0.15) is 0 Å². The first kappa shape index (κ1) is 12.3. The normalized spacial score (nSPS) is 12.5. The summed E-state index contributed by atoms with van der Waals surface area (Å²) < 4.78 is 0. The van der Waals surface area contributed by atoms with E-state index in [9.17, 15) is 5.11 Å². The molecule has 0 saturated heterocycles. The molecule has 0 bridgehead atoms. The molecule has 13 heavy (non-hydrogen) atoms. The van der Waals surface area contributed by atoms with Gasteiger partial charge in [0.2, 0.25) is 0 Å². The average Bonchev–Trinajstić information content (AvgIpc) is 2.11. The molecule has 1 unspecified atom stereocenters. The molecule has 1 heteroatoms. The van der Waals surface area contributed by atoms with Gasteiger partial charge >= 0.3 is 0 Å². The highest BCUT2D eigenvalue weighted by Gasteiger charge is 1.93. The number of unbranched alkanes of at least 4 members (excludes halogenated alkanes) is 2. The molecule has 0 aromatic carbocycles. The van der Waals surface area contributed by atoms with Crippen molar-refractivity contribution in [1.82, 2.24) is 0 Å². The monoisotopic (exact) mass is 180 g/mol. The lowest BCUT2D eigenvalue weighted by Gasteiger charge is -1.99. The number of rotatable bonds is 5. The lowest BCUT2D eigenvalue weighted by atomic mass is 10.2. The predicted molar refractivity (Wildman–Crippen MR) is 57.4 cm³/mol. The molecule has 0 saturated carbocycles. The van der Waals surface area contributed by atoms with Crippen molar-refractivity contribution in [3.63, 3.8) is 0 Å². The van der Waals surface area contributed by atoms with Crippen molar-refractivity contribution in [2.45, 2.75) is 52.1 Å². The smallest absolute Gasteiger partial charge is 0.0730 e. The molecule has 0 aromatic heterocycles. The van der Waals surface area contributed by atoms with Crippen LogP contribution < -0.4 is 0 Å². The zero-order valence-electron chi connectivity index (χ0n) is 8.71. The van der Waals surface area contributed by atoms with Crippen LogP contribution in [0.25, 0.3) is 0 Å². The Hall–Kier alpha value is -0.740. The van der Waals surface area contributed by atoms with Crippen LogP contribution in [0.1, 0.15) is 46.0 Å². The van der Waals surface area contributed by atoms with Crippen LogP contribution >= 0.6 is 0 Å². The van der Waals surface area contributed by atoms with Gasteiger partial charge in [0.25, 0.3) is 0 Å². The molecule has 1 N–H and O–H groups in total. The fraction of sp³-hybridized carbons (Fsp3) is 0.667. The van der Waals surface area contributed by atoms with Gasteiger partial charge in [0.05, 0.1) is 6.10 Å². The molecule has 0 aliphatic heterocycles. The minimum atomic E-state index is -0.314. The molecular weight excluding hydrogens is 160 g/mol. The van der Waals surface area contributed by atoms with Gasteiger partial charge in [-0.05, 0) is 25.0 Å². The highest BCUT2D eigenvalue weighted by Crippen LogP contribution is 1.96. The largest absolute Gasteiger partial charge is 0.389 e. The summed E-state index contributed by atoms with van der Waals surface area (Å²) in [4.78, 5) is 0. The maximum absolute atomic E-state index is 9.30. The third-order valence-corrected chi connectivity index (χ3v) is 1.74. The second kappa shape index (κ2) is 9.35. The molecule has 0 spiro atoms.